The van der Waals surface area contributed by atoms with E-state index in [1.54, 1.807) is 7.11 Å². The van der Waals surface area contributed by atoms with Crippen molar-refractivity contribution in [1.29, 1.82) is 0 Å². The van der Waals surface area contributed by atoms with E-state index < -0.39 is 0 Å². The molecule has 1 aliphatic heterocycles. The van der Waals surface area contributed by atoms with E-state index in [2.05, 4.69) is 35.1 Å². The lowest BCUT2D eigenvalue weighted by Crippen LogP contribution is -2.31. The van der Waals surface area contributed by atoms with E-state index in [1.807, 2.05) is 6.20 Å². The van der Waals surface area contributed by atoms with Crippen molar-refractivity contribution in [2.75, 3.05) is 44.9 Å². The van der Waals surface area contributed by atoms with E-state index in [-0.39, 0.29) is 6.10 Å². The van der Waals surface area contributed by atoms with Crippen molar-refractivity contribution in [3.63, 3.8) is 0 Å². The molecule has 0 bridgehead atoms. The number of ether oxygens (including phenoxy) is 2. The molecule has 1 fully saturated rings. The van der Waals surface area contributed by atoms with Crippen LogP contribution in [-0.2, 0) is 16.0 Å². The number of methoxy groups -OCH3 is 1. The molecule has 1 aliphatic rings. The van der Waals surface area contributed by atoms with Crippen LogP contribution in [0.5, 0.6) is 0 Å². The minimum Gasteiger partial charge on any atom is -0.383 e. The van der Waals surface area contributed by atoms with E-state index in [0.717, 1.165) is 51.6 Å². The van der Waals surface area contributed by atoms with Gasteiger partial charge in [0.05, 0.1) is 12.7 Å². The van der Waals surface area contributed by atoms with Crippen molar-refractivity contribution in [1.82, 2.24) is 10.3 Å². The minimum atomic E-state index is 0.268. The molecular formula is C16H27N3O2. The van der Waals surface area contributed by atoms with E-state index in [4.69, 9.17) is 9.47 Å². The van der Waals surface area contributed by atoms with Gasteiger partial charge in [0.15, 0.2) is 0 Å². The van der Waals surface area contributed by atoms with Crippen LogP contribution in [-0.4, -0.2) is 51.0 Å². The molecule has 1 aromatic heterocycles. The first-order valence-corrected chi connectivity index (χ1v) is 7.72. The number of hydrogen-bond donors (Lipinski definition) is 1. The number of pyridine rings is 1. The SMILES string of the molecule is COCCNCc1cnc(N2CCCOC(C)C2)c(C)c1. The van der Waals surface area contributed by atoms with Crippen LogP contribution in [0.15, 0.2) is 12.3 Å². The predicted octanol–water partition coefficient (Wildman–Crippen LogP) is 1.74. The van der Waals surface area contributed by atoms with Crippen LogP contribution in [0, 0.1) is 6.92 Å². The predicted molar refractivity (Wildman–Crippen MR) is 84.8 cm³/mol. The Morgan fingerprint density at radius 1 is 1.52 bits per heavy atom. The Labute approximate surface area is 127 Å². The third-order valence-corrected chi connectivity index (χ3v) is 3.67. The van der Waals surface area contributed by atoms with Crippen LogP contribution >= 0.6 is 0 Å². The Morgan fingerprint density at radius 3 is 3.14 bits per heavy atom. The second-order valence-corrected chi connectivity index (χ2v) is 5.63. The zero-order chi connectivity index (χ0) is 15.1. The Kier molecular flexibility index (Phi) is 6.42. The molecule has 118 valence electrons. The fourth-order valence-electron chi connectivity index (χ4n) is 2.65. The molecule has 2 heterocycles. The maximum absolute atomic E-state index is 5.70. The maximum atomic E-state index is 5.70. The summed E-state index contributed by atoms with van der Waals surface area (Å²) in [5, 5.41) is 3.35. The van der Waals surface area contributed by atoms with Crippen molar-refractivity contribution in [2.24, 2.45) is 0 Å². The number of aromatic nitrogens is 1. The van der Waals surface area contributed by atoms with Gasteiger partial charge in [0.2, 0.25) is 0 Å². The largest absolute Gasteiger partial charge is 0.383 e. The van der Waals surface area contributed by atoms with Gasteiger partial charge in [0.25, 0.3) is 0 Å². The molecule has 2 rings (SSSR count). The maximum Gasteiger partial charge on any atom is 0.131 e. The van der Waals surface area contributed by atoms with E-state index in [0.29, 0.717) is 0 Å². The first kappa shape index (κ1) is 16.2. The summed E-state index contributed by atoms with van der Waals surface area (Å²) in [6.45, 7) is 9.46. The number of nitrogens with zero attached hydrogens (tertiary/aromatic N) is 2. The fraction of sp³-hybridized carbons (Fsp3) is 0.688. The Morgan fingerprint density at radius 2 is 2.38 bits per heavy atom. The first-order chi connectivity index (χ1) is 10.2. The Hall–Kier alpha value is -1.17. The van der Waals surface area contributed by atoms with Gasteiger partial charge >= 0.3 is 0 Å². The molecule has 1 atom stereocenters. The molecule has 0 aliphatic carbocycles. The van der Waals surface area contributed by atoms with Crippen molar-refractivity contribution >= 4 is 5.82 Å². The molecular weight excluding hydrogens is 266 g/mol. The van der Waals surface area contributed by atoms with Gasteiger partial charge in [-0.25, -0.2) is 4.98 Å². The number of aryl methyl sites for hydroxylation is 1. The van der Waals surface area contributed by atoms with Crippen LogP contribution in [0.2, 0.25) is 0 Å². The summed E-state index contributed by atoms with van der Waals surface area (Å²) in [5.41, 5.74) is 2.45. The standard InChI is InChI=1S/C16H27N3O2/c1-13-9-15(10-17-5-8-20-3)11-18-16(13)19-6-4-7-21-14(2)12-19/h9,11,14,17H,4-8,10,12H2,1-3H3. The topological polar surface area (TPSA) is 46.6 Å². The molecule has 0 radical (unpaired) electrons. The highest BCUT2D eigenvalue weighted by Gasteiger charge is 2.17. The highest BCUT2D eigenvalue weighted by molar-refractivity contribution is 5.47. The Bertz CT molecular complexity index is 440. The van der Waals surface area contributed by atoms with Crippen LogP contribution < -0.4 is 10.2 Å². The van der Waals surface area contributed by atoms with Crippen molar-refractivity contribution in [3.8, 4) is 0 Å². The second-order valence-electron chi connectivity index (χ2n) is 5.63. The molecule has 1 N–H and O–H groups in total. The molecule has 0 amide bonds. The molecule has 1 aromatic rings. The van der Waals surface area contributed by atoms with Crippen molar-refractivity contribution < 1.29 is 9.47 Å². The highest BCUT2D eigenvalue weighted by atomic mass is 16.5. The van der Waals surface area contributed by atoms with Gasteiger partial charge < -0.3 is 19.7 Å². The number of hydrogen-bond acceptors (Lipinski definition) is 5. The second kappa shape index (κ2) is 8.32. The summed E-state index contributed by atoms with van der Waals surface area (Å²) in [6.07, 6.45) is 3.30. The highest BCUT2D eigenvalue weighted by Crippen LogP contribution is 2.20. The third kappa shape index (κ3) is 4.95. The molecule has 21 heavy (non-hydrogen) atoms. The zero-order valence-electron chi connectivity index (χ0n) is 13.4. The molecule has 0 spiro atoms. The van der Waals surface area contributed by atoms with Gasteiger partial charge in [-0.05, 0) is 37.5 Å². The van der Waals surface area contributed by atoms with E-state index in [1.165, 1.54) is 11.1 Å². The minimum absolute atomic E-state index is 0.268. The normalized spacial score (nSPS) is 19.6. The molecule has 0 saturated carbocycles. The number of nitrogens with one attached hydrogen (secondary N) is 1. The first-order valence-electron chi connectivity index (χ1n) is 7.72. The van der Waals surface area contributed by atoms with Crippen LogP contribution in [0.4, 0.5) is 5.82 Å². The van der Waals surface area contributed by atoms with E-state index in [9.17, 15) is 0 Å². The van der Waals surface area contributed by atoms with Gasteiger partial charge in [-0.2, -0.15) is 0 Å². The van der Waals surface area contributed by atoms with Gasteiger partial charge in [-0.15, -0.1) is 0 Å². The smallest absolute Gasteiger partial charge is 0.131 e. The lowest BCUT2D eigenvalue weighted by Gasteiger charge is -2.25. The fourth-order valence-corrected chi connectivity index (χ4v) is 2.65. The molecule has 1 saturated heterocycles. The van der Waals surface area contributed by atoms with Gasteiger partial charge in [-0.3, -0.25) is 0 Å². The average Bonchev–Trinajstić information content (AvgIpc) is 2.68. The van der Waals surface area contributed by atoms with Gasteiger partial charge in [0.1, 0.15) is 5.82 Å². The molecule has 1 unspecified atom stereocenters. The summed E-state index contributed by atoms with van der Waals surface area (Å²) in [6, 6.07) is 2.22. The lowest BCUT2D eigenvalue weighted by atomic mass is 10.2. The van der Waals surface area contributed by atoms with E-state index >= 15 is 0 Å². The number of rotatable bonds is 6. The quantitative estimate of drug-likeness (QED) is 0.810. The monoisotopic (exact) mass is 293 g/mol. The Balaban J connectivity index is 1.97. The third-order valence-electron chi connectivity index (χ3n) is 3.67. The summed E-state index contributed by atoms with van der Waals surface area (Å²) in [7, 11) is 1.72. The molecule has 0 aromatic carbocycles. The zero-order valence-corrected chi connectivity index (χ0v) is 13.4. The summed E-state index contributed by atoms with van der Waals surface area (Å²) >= 11 is 0. The van der Waals surface area contributed by atoms with Gasteiger partial charge in [-0.1, -0.05) is 0 Å². The van der Waals surface area contributed by atoms with Crippen LogP contribution in [0.1, 0.15) is 24.5 Å². The lowest BCUT2D eigenvalue weighted by molar-refractivity contribution is 0.0820. The van der Waals surface area contributed by atoms with Crippen LogP contribution in [0.3, 0.4) is 0 Å². The van der Waals surface area contributed by atoms with Crippen LogP contribution in [0.25, 0.3) is 0 Å². The number of anilines is 1. The summed E-state index contributed by atoms with van der Waals surface area (Å²) in [5.74, 6) is 1.09. The molecule has 5 nitrogen and oxygen atoms in total. The van der Waals surface area contributed by atoms with Crippen molar-refractivity contribution in [2.45, 2.75) is 32.9 Å². The summed E-state index contributed by atoms with van der Waals surface area (Å²) in [4.78, 5) is 7.02. The molecule has 5 heteroatoms. The average molecular weight is 293 g/mol. The van der Waals surface area contributed by atoms with Gasteiger partial charge in [0, 0.05) is 46.1 Å². The summed E-state index contributed by atoms with van der Waals surface area (Å²) < 4.78 is 10.7. The van der Waals surface area contributed by atoms with Crippen molar-refractivity contribution in [3.05, 3.63) is 23.4 Å².